The molecule has 1 aromatic rings. The lowest BCUT2D eigenvalue weighted by atomic mass is 10.0. The SMILES string of the molecule is O=C1CC[C@@H](Br)[C@H](c2ccccc2)O1. The summed E-state index contributed by atoms with van der Waals surface area (Å²) < 4.78 is 5.30. The topological polar surface area (TPSA) is 26.3 Å². The van der Waals surface area contributed by atoms with Gasteiger partial charge in [-0.05, 0) is 12.0 Å². The van der Waals surface area contributed by atoms with E-state index >= 15 is 0 Å². The standard InChI is InChI=1S/C11H11BrO2/c12-9-6-7-10(13)14-11(9)8-4-2-1-3-5-8/h1-5,9,11H,6-7H2/t9-,11+/m1/s1. The molecule has 3 heteroatoms. The second-order valence-electron chi connectivity index (χ2n) is 3.38. The van der Waals surface area contributed by atoms with Crippen molar-refractivity contribution in [2.24, 2.45) is 0 Å². The van der Waals surface area contributed by atoms with Crippen molar-refractivity contribution in [1.82, 2.24) is 0 Å². The van der Waals surface area contributed by atoms with Gasteiger partial charge in [0.15, 0.2) is 0 Å². The Bertz CT molecular complexity index is 323. The number of halogens is 1. The maximum atomic E-state index is 11.1. The van der Waals surface area contributed by atoms with Crippen molar-refractivity contribution in [2.75, 3.05) is 0 Å². The molecule has 0 radical (unpaired) electrons. The molecule has 0 aromatic heterocycles. The first kappa shape index (κ1) is 9.71. The molecule has 0 saturated carbocycles. The number of hydrogen-bond acceptors (Lipinski definition) is 2. The normalized spacial score (nSPS) is 27.1. The van der Waals surface area contributed by atoms with Gasteiger partial charge >= 0.3 is 5.97 Å². The van der Waals surface area contributed by atoms with Crippen LogP contribution in [0.15, 0.2) is 30.3 Å². The Morgan fingerprint density at radius 3 is 2.71 bits per heavy atom. The summed E-state index contributed by atoms with van der Waals surface area (Å²) in [5.41, 5.74) is 1.06. The highest BCUT2D eigenvalue weighted by Gasteiger charge is 2.29. The van der Waals surface area contributed by atoms with Crippen molar-refractivity contribution in [2.45, 2.75) is 23.8 Å². The molecule has 14 heavy (non-hydrogen) atoms. The fraction of sp³-hybridized carbons (Fsp3) is 0.364. The van der Waals surface area contributed by atoms with Crippen LogP contribution in [0.5, 0.6) is 0 Å². The Labute approximate surface area is 91.4 Å². The minimum Gasteiger partial charge on any atom is -0.456 e. The van der Waals surface area contributed by atoms with Gasteiger partial charge in [-0.2, -0.15) is 0 Å². The van der Waals surface area contributed by atoms with E-state index in [9.17, 15) is 4.79 Å². The summed E-state index contributed by atoms with van der Waals surface area (Å²) in [4.78, 5) is 11.4. The van der Waals surface area contributed by atoms with Gasteiger partial charge in [-0.3, -0.25) is 4.79 Å². The molecule has 1 fully saturated rings. The molecule has 0 aliphatic carbocycles. The van der Waals surface area contributed by atoms with E-state index in [0.29, 0.717) is 6.42 Å². The molecule has 1 aliphatic rings. The summed E-state index contributed by atoms with van der Waals surface area (Å²) in [6.45, 7) is 0. The Hall–Kier alpha value is -0.830. The molecular formula is C11H11BrO2. The zero-order valence-corrected chi connectivity index (χ0v) is 9.24. The zero-order chi connectivity index (χ0) is 9.97. The molecule has 1 aromatic carbocycles. The van der Waals surface area contributed by atoms with Gasteiger partial charge in [-0.25, -0.2) is 0 Å². The van der Waals surface area contributed by atoms with E-state index in [1.54, 1.807) is 0 Å². The molecule has 74 valence electrons. The number of ether oxygens (including phenoxy) is 1. The zero-order valence-electron chi connectivity index (χ0n) is 7.65. The van der Waals surface area contributed by atoms with Crippen LogP contribution in [0.1, 0.15) is 24.5 Å². The van der Waals surface area contributed by atoms with Crippen LogP contribution in [0.25, 0.3) is 0 Å². The van der Waals surface area contributed by atoms with Gasteiger partial charge in [-0.15, -0.1) is 0 Å². The van der Waals surface area contributed by atoms with E-state index < -0.39 is 0 Å². The molecule has 2 rings (SSSR count). The first-order valence-electron chi connectivity index (χ1n) is 4.66. The van der Waals surface area contributed by atoms with E-state index in [-0.39, 0.29) is 16.9 Å². The maximum absolute atomic E-state index is 11.1. The third kappa shape index (κ3) is 1.98. The summed E-state index contributed by atoms with van der Waals surface area (Å²) in [6.07, 6.45) is 1.23. The smallest absolute Gasteiger partial charge is 0.306 e. The minimum atomic E-state index is -0.127. The van der Waals surface area contributed by atoms with Crippen molar-refractivity contribution < 1.29 is 9.53 Å². The number of alkyl halides is 1. The van der Waals surface area contributed by atoms with Crippen LogP contribution >= 0.6 is 15.9 Å². The predicted octanol–water partition coefficient (Wildman–Crippen LogP) is 2.83. The number of carbonyl (C=O) groups is 1. The Morgan fingerprint density at radius 1 is 1.29 bits per heavy atom. The second kappa shape index (κ2) is 4.13. The lowest BCUT2D eigenvalue weighted by Gasteiger charge is -2.27. The molecular weight excluding hydrogens is 244 g/mol. The van der Waals surface area contributed by atoms with Crippen molar-refractivity contribution in [3.63, 3.8) is 0 Å². The number of cyclic esters (lactones) is 1. The molecule has 0 N–H and O–H groups in total. The second-order valence-corrected chi connectivity index (χ2v) is 4.55. The third-order valence-electron chi connectivity index (χ3n) is 2.34. The predicted molar refractivity (Wildman–Crippen MR) is 57.2 cm³/mol. The Kier molecular flexibility index (Phi) is 2.87. The van der Waals surface area contributed by atoms with E-state index in [1.165, 1.54) is 0 Å². The van der Waals surface area contributed by atoms with E-state index in [4.69, 9.17) is 4.74 Å². The van der Waals surface area contributed by atoms with Crippen LogP contribution in [-0.2, 0) is 9.53 Å². The lowest BCUT2D eigenvalue weighted by molar-refractivity contribution is -0.153. The van der Waals surface area contributed by atoms with E-state index in [0.717, 1.165) is 12.0 Å². The highest BCUT2D eigenvalue weighted by atomic mass is 79.9. The monoisotopic (exact) mass is 254 g/mol. The van der Waals surface area contributed by atoms with Crippen molar-refractivity contribution >= 4 is 21.9 Å². The van der Waals surface area contributed by atoms with Crippen LogP contribution in [0, 0.1) is 0 Å². The molecule has 0 spiro atoms. The van der Waals surface area contributed by atoms with E-state index in [1.807, 2.05) is 30.3 Å². The lowest BCUT2D eigenvalue weighted by Crippen LogP contribution is -2.26. The molecule has 2 atom stereocenters. The fourth-order valence-corrected chi connectivity index (χ4v) is 2.24. The van der Waals surface area contributed by atoms with Gasteiger partial charge in [0.25, 0.3) is 0 Å². The number of rotatable bonds is 1. The number of benzene rings is 1. The van der Waals surface area contributed by atoms with Crippen LogP contribution in [0.4, 0.5) is 0 Å². The minimum absolute atomic E-state index is 0.102. The summed E-state index contributed by atoms with van der Waals surface area (Å²) in [6, 6.07) is 9.83. The van der Waals surface area contributed by atoms with Gasteiger partial charge < -0.3 is 4.74 Å². The first-order chi connectivity index (χ1) is 6.77. The molecule has 0 amide bonds. The van der Waals surface area contributed by atoms with Gasteiger partial charge in [-0.1, -0.05) is 46.3 Å². The van der Waals surface area contributed by atoms with Gasteiger partial charge in [0.2, 0.25) is 0 Å². The quantitative estimate of drug-likeness (QED) is 0.569. The highest BCUT2D eigenvalue weighted by molar-refractivity contribution is 9.09. The van der Waals surface area contributed by atoms with Crippen LogP contribution in [0.2, 0.25) is 0 Å². The molecule has 1 aliphatic heterocycles. The first-order valence-corrected chi connectivity index (χ1v) is 5.57. The molecule has 0 unspecified atom stereocenters. The van der Waals surface area contributed by atoms with Gasteiger partial charge in [0.1, 0.15) is 6.10 Å². The van der Waals surface area contributed by atoms with Crippen LogP contribution in [0.3, 0.4) is 0 Å². The molecule has 0 bridgehead atoms. The number of hydrogen-bond donors (Lipinski definition) is 0. The van der Waals surface area contributed by atoms with E-state index in [2.05, 4.69) is 15.9 Å². The van der Waals surface area contributed by atoms with Gasteiger partial charge in [0.05, 0.1) is 4.83 Å². The summed E-state index contributed by atoms with van der Waals surface area (Å²) >= 11 is 3.54. The summed E-state index contributed by atoms with van der Waals surface area (Å²) in [5.74, 6) is -0.102. The van der Waals surface area contributed by atoms with Crippen LogP contribution in [-0.4, -0.2) is 10.8 Å². The van der Waals surface area contributed by atoms with Gasteiger partial charge in [0, 0.05) is 6.42 Å². The average molecular weight is 255 g/mol. The molecule has 1 heterocycles. The third-order valence-corrected chi connectivity index (χ3v) is 3.28. The maximum Gasteiger partial charge on any atom is 0.306 e. The largest absolute Gasteiger partial charge is 0.456 e. The number of carbonyl (C=O) groups excluding carboxylic acids is 1. The molecule has 2 nitrogen and oxygen atoms in total. The summed E-state index contributed by atoms with van der Waals surface area (Å²) in [5, 5.41) is 0. The molecule has 1 saturated heterocycles. The average Bonchev–Trinajstić information content (AvgIpc) is 2.23. The fourth-order valence-electron chi connectivity index (χ4n) is 1.60. The number of esters is 1. The summed E-state index contributed by atoms with van der Waals surface area (Å²) in [7, 11) is 0. The van der Waals surface area contributed by atoms with Crippen molar-refractivity contribution in [3.05, 3.63) is 35.9 Å². The Morgan fingerprint density at radius 2 is 2.00 bits per heavy atom. The van der Waals surface area contributed by atoms with Crippen molar-refractivity contribution in [1.29, 1.82) is 0 Å². The Balaban J connectivity index is 2.20. The van der Waals surface area contributed by atoms with Crippen molar-refractivity contribution in [3.8, 4) is 0 Å². The van der Waals surface area contributed by atoms with Crippen LogP contribution < -0.4 is 0 Å². The highest BCUT2D eigenvalue weighted by Crippen LogP contribution is 2.33.